The monoisotopic (exact) mass is 653 g/mol. The van der Waals surface area contributed by atoms with Gasteiger partial charge in [-0.25, -0.2) is 9.97 Å². The van der Waals surface area contributed by atoms with E-state index in [0.29, 0.717) is 5.82 Å². The average molecular weight is 654 g/mol. The smallest absolute Gasteiger partial charge is 0.160 e. The van der Waals surface area contributed by atoms with Crippen molar-refractivity contribution in [2.24, 2.45) is 0 Å². The van der Waals surface area contributed by atoms with Gasteiger partial charge in [0.25, 0.3) is 0 Å². The topological polar surface area (TPSA) is 38.7 Å². The van der Waals surface area contributed by atoms with Gasteiger partial charge < -0.3 is 0 Å². The molecule has 6 aromatic carbocycles. The summed E-state index contributed by atoms with van der Waals surface area (Å²) < 4.78 is 0. The van der Waals surface area contributed by atoms with Gasteiger partial charge in [0.2, 0.25) is 0 Å². The van der Waals surface area contributed by atoms with Crippen molar-refractivity contribution in [2.45, 2.75) is 19.3 Å². The number of aromatic nitrogens is 3. The Labute approximate surface area is 299 Å². The molecule has 8 aromatic rings. The molecule has 1 unspecified atom stereocenters. The van der Waals surface area contributed by atoms with Gasteiger partial charge in [-0.05, 0) is 77.1 Å². The van der Waals surface area contributed by atoms with Gasteiger partial charge in [-0.15, -0.1) is 0 Å². The standard InChI is InChI=1S/C48H35N3/c1-32-25-27-40(33(2)49-32)36-19-14-22-39(29-36)48(38-20-10-5-11-21-38)43-24-13-12-23-41(43)42-28-26-37(30-44(42)48)46-31-45(34-15-6-3-7-16-34)50-47(51-46)35-17-8-4-9-18-35/h3-31H,1-2H3. The molecule has 242 valence electrons. The average Bonchev–Trinajstić information content (AvgIpc) is 3.49. The number of benzene rings is 6. The summed E-state index contributed by atoms with van der Waals surface area (Å²) in [6, 6.07) is 62.9. The van der Waals surface area contributed by atoms with E-state index in [9.17, 15) is 0 Å². The minimum absolute atomic E-state index is 0.567. The Morgan fingerprint density at radius 1 is 0.373 bits per heavy atom. The minimum Gasteiger partial charge on any atom is -0.258 e. The fourth-order valence-corrected chi connectivity index (χ4v) is 7.90. The van der Waals surface area contributed by atoms with E-state index in [4.69, 9.17) is 15.0 Å². The van der Waals surface area contributed by atoms with Crippen molar-refractivity contribution in [3.63, 3.8) is 0 Å². The van der Waals surface area contributed by atoms with Gasteiger partial charge in [0.15, 0.2) is 5.82 Å². The van der Waals surface area contributed by atoms with Crippen molar-refractivity contribution in [1.29, 1.82) is 0 Å². The lowest BCUT2D eigenvalue weighted by Crippen LogP contribution is -2.28. The Balaban J connectivity index is 1.31. The highest BCUT2D eigenvalue weighted by Gasteiger charge is 2.46. The number of hydrogen-bond donors (Lipinski definition) is 0. The first-order valence-electron chi connectivity index (χ1n) is 17.4. The summed E-state index contributed by atoms with van der Waals surface area (Å²) in [6.07, 6.45) is 0. The summed E-state index contributed by atoms with van der Waals surface area (Å²) in [7, 11) is 0. The lowest BCUT2D eigenvalue weighted by Gasteiger charge is -2.34. The van der Waals surface area contributed by atoms with E-state index in [1.54, 1.807) is 0 Å². The van der Waals surface area contributed by atoms with Crippen LogP contribution in [0, 0.1) is 13.8 Å². The van der Waals surface area contributed by atoms with Crippen molar-refractivity contribution in [2.75, 3.05) is 0 Å². The van der Waals surface area contributed by atoms with Crippen LogP contribution in [0.25, 0.3) is 56.2 Å². The maximum absolute atomic E-state index is 5.22. The van der Waals surface area contributed by atoms with Crippen molar-refractivity contribution < 1.29 is 0 Å². The van der Waals surface area contributed by atoms with Crippen LogP contribution in [0.1, 0.15) is 33.6 Å². The Morgan fingerprint density at radius 2 is 0.961 bits per heavy atom. The van der Waals surface area contributed by atoms with E-state index in [1.165, 1.54) is 33.4 Å². The van der Waals surface area contributed by atoms with Crippen LogP contribution < -0.4 is 0 Å². The molecule has 1 aliphatic rings. The predicted molar refractivity (Wildman–Crippen MR) is 208 cm³/mol. The number of rotatable bonds is 6. The lowest BCUT2D eigenvalue weighted by atomic mass is 9.67. The highest BCUT2D eigenvalue weighted by molar-refractivity contribution is 5.89. The van der Waals surface area contributed by atoms with E-state index in [2.05, 4.69) is 159 Å². The SMILES string of the molecule is Cc1ccc(-c2cccc(C3(c4ccccc4)c4ccccc4-c4ccc(-c5cc(-c6ccccc6)nc(-c6ccccc6)n5)cc43)c2)c(C)n1. The zero-order valence-electron chi connectivity index (χ0n) is 28.6. The molecule has 1 atom stereocenters. The molecule has 51 heavy (non-hydrogen) atoms. The summed E-state index contributed by atoms with van der Waals surface area (Å²) in [6.45, 7) is 4.15. The number of fused-ring (bicyclic) bond motifs is 3. The van der Waals surface area contributed by atoms with E-state index in [-0.39, 0.29) is 0 Å². The molecule has 0 radical (unpaired) electrons. The van der Waals surface area contributed by atoms with Crippen LogP contribution in [0.2, 0.25) is 0 Å². The predicted octanol–water partition coefficient (Wildman–Crippen LogP) is 11.5. The van der Waals surface area contributed by atoms with Crippen LogP contribution in [0.4, 0.5) is 0 Å². The van der Waals surface area contributed by atoms with Gasteiger partial charge in [-0.3, -0.25) is 4.98 Å². The van der Waals surface area contributed by atoms with Crippen LogP contribution in [0.15, 0.2) is 176 Å². The van der Waals surface area contributed by atoms with Crippen molar-refractivity contribution in [1.82, 2.24) is 15.0 Å². The Kier molecular flexibility index (Phi) is 7.48. The zero-order chi connectivity index (χ0) is 34.4. The second kappa shape index (κ2) is 12.5. The number of hydrogen-bond acceptors (Lipinski definition) is 3. The third-order valence-corrected chi connectivity index (χ3v) is 10.2. The first-order chi connectivity index (χ1) is 25.1. The molecule has 2 aromatic heterocycles. The molecule has 1 aliphatic carbocycles. The number of pyridine rings is 1. The third-order valence-electron chi connectivity index (χ3n) is 10.2. The van der Waals surface area contributed by atoms with Crippen LogP contribution >= 0.6 is 0 Å². The summed E-state index contributed by atoms with van der Waals surface area (Å²) in [5.41, 5.74) is 16.1. The van der Waals surface area contributed by atoms with Crippen LogP contribution in [-0.2, 0) is 5.41 Å². The molecule has 3 nitrogen and oxygen atoms in total. The van der Waals surface area contributed by atoms with Gasteiger partial charge in [-0.2, -0.15) is 0 Å². The highest BCUT2D eigenvalue weighted by atomic mass is 14.9. The molecule has 0 N–H and O–H groups in total. The van der Waals surface area contributed by atoms with E-state index >= 15 is 0 Å². The molecule has 2 heterocycles. The fraction of sp³-hybridized carbons (Fsp3) is 0.0625. The normalized spacial score (nSPS) is 14.5. The Hall–Kier alpha value is -6.45. The fourth-order valence-electron chi connectivity index (χ4n) is 7.90. The van der Waals surface area contributed by atoms with Gasteiger partial charge in [-0.1, -0.05) is 152 Å². The summed E-state index contributed by atoms with van der Waals surface area (Å²) >= 11 is 0. The Bertz CT molecular complexity index is 2480. The minimum atomic E-state index is -0.567. The molecule has 0 fully saturated rings. The first-order valence-corrected chi connectivity index (χ1v) is 17.4. The van der Waals surface area contributed by atoms with E-state index in [0.717, 1.165) is 50.6 Å². The van der Waals surface area contributed by atoms with Gasteiger partial charge in [0.05, 0.1) is 16.8 Å². The largest absolute Gasteiger partial charge is 0.258 e. The Morgan fingerprint density at radius 3 is 1.71 bits per heavy atom. The second-order valence-corrected chi connectivity index (χ2v) is 13.3. The van der Waals surface area contributed by atoms with Crippen LogP contribution in [-0.4, -0.2) is 15.0 Å². The first kappa shape index (κ1) is 30.6. The molecule has 0 aliphatic heterocycles. The molecule has 0 bridgehead atoms. The molecule has 0 spiro atoms. The lowest BCUT2D eigenvalue weighted by molar-refractivity contribution is 0.769. The third kappa shape index (κ3) is 5.17. The summed E-state index contributed by atoms with van der Waals surface area (Å²) in [4.78, 5) is 15.1. The maximum Gasteiger partial charge on any atom is 0.160 e. The molecule has 0 saturated heterocycles. The number of aryl methyl sites for hydroxylation is 2. The molecular formula is C48H35N3. The maximum atomic E-state index is 5.22. The molecule has 0 amide bonds. The molecule has 0 saturated carbocycles. The van der Waals surface area contributed by atoms with Gasteiger partial charge in [0, 0.05) is 33.6 Å². The summed E-state index contributed by atoms with van der Waals surface area (Å²) in [5.74, 6) is 0.708. The number of nitrogens with zero attached hydrogens (tertiary/aromatic N) is 3. The quantitative estimate of drug-likeness (QED) is 0.179. The summed E-state index contributed by atoms with van der Waals surface area (Å²) in [5, 5.41) is 0. The zero-order valence-corrected chi connectivity index (χ0v) is 28.6. The van der Waals surface area contributed by atoms with Crippen molar-refractivity contribution in [3.8, 4) is 56.2 Å². The van der Waals surface area contributed by atoms with Gasteiger partial charge >= 0.3 is 0 Å². The van der Waals surface area contributed by atoms with E-state index in [1.807, 2.05) is 31.2 Å². The van der Waals surface area contributed by atoms with E-state index < -0.39 is 5.41 Å². The van der Waals surface area contributed by atoms with Crippen molar-refractivity contribution in [3.05, 3.63) is 210 Å². The highest BCUT2D eigenvalue weighted by Crippen LogP contribution is 2.57. The van der Waals surface area contributed by atoms with Crippen LogP contribution in [0.5, 0.6) is 0 Å². The van der Waals surface area contributed by atoms with Gasteiger partial charge in [0.1, 0.15) is 0 Å². The second-order valence-electron chi connectivity index (χ2n) is 13.3. The van der Waals surface area contributed by atoms with Crippen LogP contribution in [0.3, 0.4) is 0 Å². The molecule has 9 rings (SSSR count). The molecule has 3 heteroatoms. The molecular weight excluding hydrogens is 619 g/mol. The van der Waals surface area contributed by atoms with Crippen molar-refractivity contribution >= 4 is 0 Å².